The maximum Gasteiger partial charge on any atom is 4.00 e. The predicted molar refractivity (Wildman–Crippen MR) is 124 cm³/mol. The summed E-state index contributed by atoms with van der Waals surface area (Å²) in [6, 6.07) is 14.0. The average Bonchev–Trinajstić information content (AvgIpc) is 3.14. The molecule has 0 aromatic heterocycles. The van der Waals surface area contributed by atoms with Crippen molar-refractivity contribution in [2.24, 2.45) is 0 Å². The fourth-order valence-electron chi connectivity index (χ4n) is 5.41. The van der Waals surface area contributed by atoms with Crippen LogP contribution in [0.2, 0.25) is 13.1 Å². The van der Waals surface area contributed by atoms with E-state index in [1.807, 2.05) is 0 Å². The Morgan fingerprint density at radius 3 is 1.20 bits per heavy atom. The van der Waals surface area contributed by atoms with Gasteiger partial charge in [0.25, 0.3) is 0 Å². The van der Waals surface area contributed by atoms with Crippen molar-refractivity contribution in [3.8, 4) is 0 Å². The second-order valence-electron chi connectivity index (χ2n) is 9.01. The molecule has 4 aromatic rings. The fraction of sp³-hybridized carbons (Fsp3) is 0.308. The monoisotopic (exact) mass is 530 g/mol. The molecule has 0 N–H and O–H groups in total. The van der Waals surface area contributed by atoms with Crippen molar-refractivity contribution >= 4 is 40.0 Å². The Morgan fingerprint density at radius 2 is 0.867 bits per heavy atom. The van der Waals surface area contributed by atoms with E-state index in [0.29, 0.717) is 0 Å². The molecule has 0 saturated heterocycles. The molecule has 0 spiro atoms. The van der Waals surface area contributed by atoms with Crippen molar-refractivity contribution in [2.45, 2.75) is 54.6 Å². The van der Waals surface area contributed by atoms with E-state index in [2.05, 4.69) is 91.0 Å². The van der Waals surface area contributed by atoms with Gasteiger partial charge in [0.05, 0.1) is 0 Å². The van der Waals surface area contributed by atoms with Gasteiger partial charge in [-0.25, -0.2) is 0 Å². The SMILES string of the molecule is Cc1[cH-]c2c(C)ccc(C)c2c1[Si](C)(C)c1c(C)[cH-]c2c(C)ccc(C)c12.[Cl-].[Cl-].[Zr+4]. The van der Waals surface area contributed by atoms with Gasteiger partial charge >= 0.3 is 26.2 Å². The number of fused-ring (bicyclic) bond motifs is 2. The minimum atomic E-state index is -1.88. The molecular weight excluding hydrogens is 503 g/mol. The third-order valence-electron chi connectivity index (χ3n) is 6.60. The number of rotatable bonds is 2. The maximum atomic E-state index is 2.56. The molecule has 156 valence electrons. The van der Waals surface area contributed by atoms with Gasteiger partial charge in [-0.15, -0.1) is 68.1 Å². The zero-order chi connectivity index (χ0) is 19.7. The van der Waals surface area contributed by atoms with E-state index in [1.54, 1.807) is 10.4 Å². The van der Waals surface area contributed by atoms with Crippen molar-refractivity contribution < 1.29 is 51.0 Å². The van der Waals surface area contributed by atoms with Gasteiger partial charge in [0, 0.05) is 8.07 Å². The van der Waals surface area contributed by atoms with Gasteiger partial charge in [-0.2, -0.15) is 10.4 Å². The third-order valence-corrected chi connectivity index (χ3v) is 10.4. The van der Waals surface area contributed by atoms with E-state index >= 15 is 0 Å². The van der Waals surface area contributed by atoms with E-state index in [-0.39, 0.29) is 51.0 Å². The summed E-state index contributed by atoms with van der Waals surface area (Å²) in [5, 5.41) is 9.20. The van der Waals surface area contributed by atoms with Gasteiger partial charge in [0.2, 0.25) is 0 Å². The molecule has 0 heterocycles. The van der Waals surface area contributed by atoms with E-state index in [9.17, 15) is 0 Å². The summed E-state index contributed by atoms with van der Waals surface area (Å²) in [7, 11) is -1.88. The van der Waals surface area contributed by atoms with E-state index in [4.69, 9.17) is 0 Å². The molecule has 0 unspecified atom stereocenters. The second kappa shape index (κ2) is 9.45. The third kappa shape index (κ3) is 3.95. The van der Waals surface area contributed by atoms with Gasteiger partial charge in [-0.3, -0.25) is 0 Å². The summed E-state index contributed by atoms with van der Waals surface area (Å²) in [6.45, 7) is 18.8. The molecule has 0 radical (unpaired) electrons. The first-order valence-electron chi connectivity index (χ1n) is 9.98. The first kappa shape index (κ1) is 27.4. The first-order chi connectivity index (χ1) is 12.6. The molecule has 0 aliphatic heterocycles. The Kier molecular flexibility index (Phi) is 8.62. The Balaban J connectivity index is 0.00000150. The molecule has 0 atom stereocenters. The van der Waals surface area contributed by atoms with E-state index in [0.717, 1.165) is 0 Å². The Labute approximate surface area is 214 Å². The van der Waals surface area contributed by atoms with Crippen molar-refractivity contribution in [3.05, 3.63) is 69.8 Å². The fourth-order valence-corrected chi connectivity index (χ4v) is 9.69. The Hall–Kier alpha value is -0.660. The topological polar surface area (TPSA) is 0 Å². The predicted octanol–water partition coefficient (Wildman–Crippen LogP) is 0.109. The molecule has 0 bridgehead atoms. The van der Waals surface area contributed by atoms with Gasteiger partial charge in [-0.1, -0.05) is 64.0 Å². The van der Waals surface area contributed by atoms with E-state index < -0.39 is 8.07 Å². The van der Waals surface area contributed by atoms with Crippen molar-refractivity contribution in [1.29, 1.82) is 0 Å². The molecule has 0 aliphatic rings. The molecule has 0 saturated carbocycles. The number of hydrogen-bond acceptors (Lipinski definition) is 0. The molecule has 0 nitrogen and oxygen atoms in total. The molecule has 4 aromatic carbocycles. The Morgan fingerprint density at radius 1 is 0.567 bits per heavy atom. The van der Waals surface area contributed by atoms with Crippen LogP contribution in [0.3, 0.4) is 0 Å². The van der Waals surface area contributed by atoms with Gasteiger partial charge < -0.3 is 24.8 Å². The molecule has 4 heteroatoms. The summed E-state index contributed by atoms with van der Waals surface area (Å²) in [6.07, 6.45) is 0. The van der Waals surface area contributed by atoms with Gasteiger partial charge in [0.15, 0.2) is 0 Å². The smallest absolute Gasteiger partial charge is 1.00 e. The molecule has 30 heavy (non-hydrogen) atoms. The number of hydrogen-bond donors (Lipinski definition) is 0. The summed E-state index contributed by atoms with van der Waals surface area (Å²) in [5.74, 6) is 0. The van der Waals surface area contributed by atoms with Crippen molar-refractivity contribution in [1.82, 2.24) is 0 Å². The zero-order valence-electron chi connectivity index (χ0n) is 19.2. The van der Waals surface area contributed by atoms with Crippen LogP contribution in [0, 0.1) is 41.5 Å². The molecule has 0 aliphatic carbocycles. The summed E-state index contributed by atoms with van der Waals surface area (Å²) in [5.41, 5.74) is 8.56. The number of benzene rings is 2. The van der Waals surface area contributed by atoms with Crippen molar-refractivity contribution in [2.75, 3.05) is 0 Å². The van der Waals surface area contributed by atoms with Crippen LogP contribution in [-0.4, -0.2) is 8.07 Å². The quantitative estimate of drug-likeness (QED) is 0.254. The van der Waals surface area contributed by atoms with Crippen LogP contribution in [0.1, 0.15) is 33.4 Å². The first-order valence-corrected chi connectivity index (χ1v) is 13.0. The Bertz CT molecular complexity index is 1120. The zero-order valence-corrected chi connectivity index (χ0v) is 24.2. The van der Waals surface area contributed by atoms with Crippen LogP contribution in [0.4, 0.5) is 0 Å². The minimum Gasteiger partial charge on any atom is -1.00 e. The molecule has 0 amide bonds. The molecule has 4 rings (SSSR count). The standard InChI is InChI=1S/C26H30Si.2ClH.Zr/c1-15-9-11-17(3)23-21(15)13-19(5)25(23)27(7,8)26-20(6)14-22-16(2)10-12-18(4)24(22)26;;;/h9-14H,1-8H3;2*1H;/q-2;;;+4/p-2. The average molecular weight is 533 g/mol. The van der Waals surface area contributed by atoms with Crippen LogP contribution >= 0.6 is 0 Å². The minimum absolute atomic E-state index is 0. The number of aryl methyl sites for hydroxylation is 6. The van der Waals surface area contributed by atoms with Gasteiger partial charge in [0.1, 0.15) is 0 Å². The summed E-state index contributed by atoms with van der Waals surface area (Å²) < 4.78 is 0. The molecule has 0 fully saturated rings. The van der Waals surface area contributed by atoms with Crippen LogP contribution in [0.25, 0.3) is 21.5 Å². The summed E-state index contributed by atoms with van der Waals surface area (Å²) in [4.78, 5) is 0. The normalized spacial score (nSPS) is 11.2. The largest absolute Gasteiger partial charge is 4.00 e. The van der Waals surface area contributed by atoms with Crippen LogP contribution in [0.15, 0.2) is 36.4 Å². The van der Waals surface area contributed by atoms with E-state index in [1.165, 1.54) is 54.9 Å². The van der Waals surface area contributed by atoms with Gasteiger partial charge in [-0.05, 0) is 13.8 Å². The van der Waals surface area contributed by atoms with Crippen molar-refractivity contribution in [3.63, 3.8) is 0 Å². The molecular formula is C26H30Cl2SiZr. The summed E-state index contributed by atoms with van der Waals surface area (Å²) >= 11 is 0. The maximum absolute atomic E-state index is 2.56. The van der Waals surface area contributed by atoms with Crippen LogP contribution in [-0.2, 0) is 26.2 Å². The van der Waals surface area contributed by atoms with Crippen LogP contribution < -0.4 is 35.2 Å². The number of halogens is 2. The second-order valence-corrected chi connectivity index (χ2v) is 13.3. The van der Waals surface area contributed by atoms with Crippen LogP contribution in [0.5, 0.6) is 0 Å².